The van der Waals surface area contributed by atoms with E-state index in [1.165, 1.54) is 0 Å². The van der Waals surface area contributed by atoms with E-state index in [-0.39, 0.29) is 17.8 Å². The molecule has 130 valence electrons. The minimum absolute atomic E-state index is 0.0885. The molecule has 0 spiro atoms. The summed E-state index contributed by atoms with van der Waals surface area (Å²) in [6.07, 6.45) is -1.94. The van der Waals surface area contributed by atoms with E-state index in [0.717, 1.165) is 17.1 Å². The van der Waals surface area contributed by atoms with Crippen LogP contribution in [0.5, 0.6) is 0 Å². The van der Waals surface area contributed by atoms with Crippen LogP contribution in [0.3, 0.4) is 0 Å². The number of nitrogens with zero attached hydrogens (tertiary/aromatic N) is 2. The Morgan fingerprint density at radius 3 is 2.76 bits per heavy atom. The molecule has 25 heavy (non-hydrogen) atoms. The maximum Gasteiger partial charge on any atom is 0.421 e. The number of rotatable bonds is 4. The number of ether oxygens (including phenoxy) is 1. The quantitative estimate of drug-likeness (QED) is 0.672. The molecule has 0 atom stereocenters. The summed E-state index contributed by atoms with van der Waals surface area (Å²) >= 11 is 0. The molecule has 2 aromatic heterocycles. The average molecular weight is 349 g/mol. The first kappa shape index (κ1) is 15.7. The first-order valence-electron chi connectivity index (χ1n) is 7.62. The van der Waals surface area contributed by atoms with E-state index in [2.05, 4.69) is 25.6 Å². The Morgan fingerprint density at radius 1 is 1.20 bits per heavy atom. The minimum Gasteiger partial charge on any atom is -0.377 e. The van der Waals surface area contributed by atoms with Gasteiger partial charge in [0.25, 0.3) is 0 Å². The van der Waals surface area contributed by atoms with E-state index in [1.807, 2.05) is 24.4 Å². The van der Waals surface area contributed by atoms with Crippen molar-refractivity contribution in [1.29, 1.82) is 0 Å². The van der Waals surface area contributed by atoms with Crippen LogP contribution < -0.4 is 10.6 Å². The summed E-state index contributed by atoms with van der Waals surface area (Å²) in [5.74, 6) is -0.161. The number of hydrogen-bond acceptors (Lipinski definition) is 5. The number of H-pyrrole nitrogens is 1. The molecule has 1 aromatic carbocycles. The second kappa shape index (κ2) is 5.92. The highest BCUT2D eigenvalue weighted by Gasteiger charge is 2.36. The van der Waals surface area contributed by atoms with Gasteiger partial charge in [-0.3, -0.25) is 0 Å². The molecule has 3 N–H and O–H groups in total. The van der Waals surface area contributed by atoms with Crippen LogP contribution in [0.4, 0.5) is 30.6 Å². The normalized spacial score (nSPS) is 15.2. The van der Waals surface area contributed by atoms with Gasteiger partial charge in [-0.2, -0.15) is 18.2 Å². The largest absolute Gasteiger partial charge is 0.421 e. The zero-order chi connectivity index (χ0) is 17.4. The van der Waals surface area contributed by atoms with Crippen molar-refractivity contribution >= 4 is 28.4 Å². The number of aromatic nitrogens is 3. The molecule has 0 saturated carbocycles. The molecule has 6 nitrogen and oxygen atoms in total. The molecule has 1 saturated heterocycles. The lowest BCUT2D eigenvalue weighted by atomic mass is 10.2. The molecule has 3 aromatic rings. The maximum atomic E-state index is 13.1. The molecule has 1 aliphatic heterocycles. The molecule has 0 unspecified atom stereocenters. The number of nitrogens with one attached hydrogen (secondary N) is 3. The van der Waals surface area contributed by atoms with Gasteiger partial charge >= 0.3 is 6.18 Å². The fraction of sp³-hybridized carbons (Fsp3) is 0.250. The number of benzene rings is 1. The van der Waals surface area contributed by atoms with Crippen molar-refractivity contribution in [3.05, 3.63) is 42.2 Å². The van der Waals surface area contributed by atoms with E-state index in [9.17, 15) is 13.2 Å². The molecule has 3 heterocycles. The molecular weight excluding hydrogens is 335 g/mol. The van der Waals surface area contributed by atoms with E-state index in [0.29, 0.717) is 18.9 Å². The molecule has 1 fully saturated rings. The number of halogens is 3. The molecule has 4 rings (SSSR count). The zero-order valence-electron chi connectivity index (χ0n) is 12.9. The van der Waals surface area contributed by atoms with Crippen LogP contribution in [0.1, 0.15) is 5.56 Å². The molecule has 0 radical (unpaired) electrons. The van der Waals surface area contributed by atoms with Gasteiger partial charge in [-0.1, -0.05) is 0 Å². The fourth-order valence-electron chi connectivity index (χ4n) is 2.53. The van der Waals surface area contributed by atoms with Crippen molar-refractivity contribution in [1.82, 2.24) is 15.0 Å². The van der Waals surface area contributed by atoms with Crippen molar-refractivity contribution < 1.29 is 17.9 Å². The van der Waals surface area contributed by atoms with Gasteiger partial charge in [0.2, 0.25) is 5.95 Å². The fourth-order valence-corrected chi connectivity index (χ4v) is 2.53. The van der Waals surface area contributed by atoms with Crippen molar-refractivity contribution in [2.24, 2.45) is 0 Å². The highest BCUT2D eigenvalue weighted by atomic mass is 19.4. The van der Waals surface area contributed by atoms with Crippen molar-refractivity contribution in [3.8, 4) is 0 Å². The summed E-state index contributed by atoms with van der Waals surface area (Å²) in [6, 6.07) is 7.25. The van der Waals surface area contributed by atoms with Gasteiger partial charge < -0.3 is 20.4 Å². The first-order chi connectivity index (χ1) is 12.0. The summed E-state index contributed by atoms with van der Waals surface area (Å²) in [4.78, 5) is 10.9. The van der Waals surface area contributed by atoms with Crippen LogP contribution in [0.25, 0.3) is 10.9 Å². The third-order valence-electron chi connectivity index (χ3n) is 3.88. The highest BCUT2D eigenvalue weighted by Crippen LogP contribution is 2.34. The van der Waals surface area contributed by atoms with Gasteiger partial charge in [-0.25, -0.2) is 4.98 Å². The Kier molecular flexibility index (Phi) is 3.72. The standard InChI is InChI=1S/C16H14F3N5O/c17-16(18,19)12-6-21-15(24-14(12)22-11-7-25-8-11)23-10-1-2-13-9(5-10)3-4-20-13/h1-6,11,20H,7-8H2,(H2,21,22,23,24). The third kappa shape index (κ3) is 3.22. The van der Waals surface area contributed by atoms with Crippen LogP contribution in [-0.4, -0.2) is 34.2 Å². The summed E-state index contributed by atoms with van der Waals surface area (Å²) in [7, 11) is 0. The second-order valence-electron chi connectivity index (χ2n) is 5.74. The molecule has 0 aliphatic carbocycles. The highest BCUT2D eigenvalue weighted by molar-refractivity contribution is 5.83. The Labute approximate surface area is 140 Å². The first-order valence-corrected chi connectivity index (χ1v) is 7.62. The van der Waals surface area contributed by atoms with Crippen LogP contribution >= 0.6 is 0 Å². The van der Waals surface area contributed by atoms with Crippen molar-refractivity contribution in [2.75, 3.05) is 23.8 Å². The van der Waals surface area contributed by atoms with Crippen LogP contribution in [0, 0.1) is 0 Å². The van der Waals surface area contributed by atoms with Crippen LogP contribution in [0.15, 0.2) is 36.7 Å². The van der Waals surface area contributed by atoms with Gasteiger partial charge in [0.1, 0.15) is 11.4 Å². The van der Waals surface area contributed by atoms with Crippen LogP contribution in [-0.2, 0) is 10.9 Å². The molecule has 9 heteroatoms. The maximum absolute atomic E-state index is 13.1. The topological polar surface area (TPSA) is 74.9 Å². The lowest BCUT2D eigenvalue weighted by Gasteiger charge is -2.28. The molecular formula is C16H14F3N5O. The van der Waals surface area contributed by atoms with Gasteiger partial charge in [0, 0.05) is 29.0 Å². The number of alkyl halides is 3. The number of hydrogen-bond donors (Lipinski definition) is 3. The number of fused-ring (bicyclic) bond motifs is 1. The molecule has 1 aliphatic rings. The van der Waals surface area contributed by atoms with Crippen molar-refractivity contribution in [2.45, 2.75) is 12.2 Å². The number of anilines is 3. The number of aromatic amines is 1. The minimum atomic E-state index is -4.53. The summed E-state index contributed by atoms with van der Waals surface area (Å²) in [5, 5.41) is 6.68. The predicted octanol–water partition coefficient (Wildman–Crippen LogP) is 3.53. The van der Waals surface area contributed by atoms with Crippen molar-refractivity contribution in [3.63, 3.8) is 0 Å². The monoisotopic (exact) mass is 349 g/mol. The Balaban J connectivity index is 1.63. The van der Waals surface area contributed by atoms with Gasteiger partial charge in [-0.05, 0) is 24.3 Å². The third-order valence-corrected chi connectivity index (χ3v) is 3.88. The van der Waals surface area contributed by atoms with E-state index < -0.39 is 11.7 Å². The Bertz CT molecular complexity index is 904. The summed E-state index contributed by atoms with van der Waals surface area (Å²) < 4.78 is 44.4. The summed E-state index contributed by atoms with van der Waals surface area (Å²) in [5.41, 5.74) is 0.752. The smallest absolute Gasteiger partial charge is 0.377 e. The van der Waals surface area contributed by atoms with Gasteiger partial charge in [-0.15, -0.1) is 0 Å². The van der Waals surface area contributed by atoms with Gasteiger partial charge in [0.15, 0.2) is 0 Å². The predicted molar refractivity (Wildman–Crippen MR) is 86.8 cm³/mol. The van der Waals surface area contributed by atoms with E-state index >= 15 is 0 Å². The second-order valence-corrected chi connectivity index (χ2v) is 5.74. The average Bonchev–Trinajstić information content (AvgIpc) is 2.97. The van der Waals surface area contributed by atoms with E-state index in [1.54, 1.807) is 6.07 Å². The van der Waals surface area contributed by atoms with Gasteiger partial charge in [0.05, 0.1) is 19.3 Å². The molecule has 0 amide bonds. The Hall–Kier alpha value is -2.81. The Morgan fingerprint density at radius 2 is 2.04 bits per heavy atom. The SMILES string of the molecule is FC(F)(F)c1cnc(Nc2ccc3[nH]ccc3c2)nc1NC1COC1. The zero-order valence-corrected chi connectivity index (χ0v) is 12.9. The van der Waals surface area contributed by atoms with E-state index in [4.69, 9.17) is 4.74 Å². The lowest BCUT2D eigenvalue weighted by molar-refractivity contribution is -0.137. The lowest BCUT2D eigenvalue weighted by Crippen LogP contribution is -2.41. The summed E-state index contributed by atoms with van der Waals surface area (Å²) in [6.45, 7) is 0.711. The van der Waals surface area contributed by atoms with Crippen LogP contribution in [0.2, 0.25) is 0 Å². The molecule has 0 bridgehead atoms.